The fourth-order valence-electron chi connectivity index (χ4n) is 2.50. The number of ether oxygens (including phenoxy) is 1. The Bertz CT molecular complexity index is 1280. The number of benzene rings is 3. The predicted molar refractivity (Wildman–Crippen MR) is 115 cm³/mol. The maximum Gasteiger partial charge on any atom is 0.261 e. The summed E-state index contributed by atoms with van der Waals surface area (Å²) in [6.07, 6.45) is 0. The molecule has 158 valence electrons. The van der Waals surface area contributed by atoms with E-state index in [1.54, 1.807) is 0 Å². The molecule has 0 spiro atoms. The fraction of sp³-hybridized carbons (Fsp3) is 0.0526. The molecular weight excluding hydrogens is 499 g/mol. The second kappa shape index (κ2) is 8.62. The number of nitrogens with one attached hydrogen (secondary N) is 2. The van der Waals surface area contributed by atoms with Gasteiger partial charge in [0.05, 0.1) is 27.1 Å². The summed E-state index contributed by atoms with van der Waals surface area (Å²) in [5.74, 6) is -0.0977. The predicted octanol–water partition coefficient (Wildman–Crippen LogP) is 4.20. The molecule has 7 nitrogen and oxygen atoms in total. The molecule has 0 amide bonds. The van der Waals surface area contributed by atoms with E-state index in [0.717, 1.165) is 6.07 Å². The van der Waals surface area contributed by atoms with Gasteiger partial charge in [0.1, 0.15) is 11.6 Å². The summed E-state index contributed by atoms with van der Waals surface area (Å²) in [6.45, 7) is 0. The summed E-state index contributed by atoms with van der Waals surface area (Å²) in [6, 6.07) is 14.4. The third-order valence-corrected chi connectivity index (χ3v) is 7.32. The molecule has 0 radical (unpaired) electrons. The molecule has 0 saturated heterocycles. The van der Waals surface area contributed by atoms with Crippen molar-refractivity contribution in [2.24, 2.45) is 0 Å². The van der Waals surface area contributed by atoms with Gasteiger partial charge in [0.25, 0.3) is 20.0 Å². The topological polar surface area (TPSA) is 102 Å². The van der Waals surface area contributed by atoms with Gasteiger partial charge in [0, 0.05) is 5.69 Å². The summed E-state index contributed by atoms with van der Waals surface area (Å²) < 4.78 is 73.5. The Labute approximate surface area is 182 Å². The van der Waals surface area contributed by atoms with E-state index >= 15 is 0 Å². The average molecular weight is 515 g/mol. The first-order valence-corrected chi connectivity index (χ1v) is 12.1. The van der Waals surface area contributed by atoms with Crippen molar-refractivity contribution in [2.45, 2.75) is 9.79 Å². The summed E-state index contributed by atoms with van der Waals surface area (Å²) in [4.78, 5) is -0.110. The van der Waals surface area contributed by atoms with Crippen LogP contribution >= 0.6 is 15.9 Å². The van der Waals surface area contributed by atoms with Gasteiger partial charge in [-0.2, -0.15) is 0 Å². The lowest BCUT2D eigenvalue weighted by Crippen LogP contribution is -2.14. The Morgan fingerprint density at radius 2 is 1.40 bits per heavy atom. The molecule has 0 aliphatic rings. The second-order valence-electron chi connectivity index (χ2n) is 6.04. The smallest absolute Gasteiger partial charge is 0.261 e. The highest BCUT2D eigenvalue weighted by Gasteiger charge is 2.18. The van der Waals surface area contributed by atoms with Crippen LogP contribution in [0.15, 0.2) is 81.0 Å². The number of sulfonamides is 2. The van der Waals surface area contributed by atoms with Gasteiger partial charge in [-0.1, -0.05) is 6.07 Å². The van der Waals surface area contributed by atoms with Crippen LogP contribution in [-0.2, 0) is 20.0 Å². The minimum Gasteiger partial charge on any atom is -0.496 e. The minimum atomic E-state index is -3.97. The van der Waals surface area contributed by atoms with Gasteiger partial charge in [-0.25, -0.2) is 21.2 Å². The van der Waals surface area contributed by atoms with Crippen LogP contribution in [0.5, 0.6) is 5.75 Å². The standard InChI is InChI=1S/C19H16BrFN2O5S2/c1-28-19-10-9-17(12-18(19)20)30(26,27)22-14-5-7-16(8-6-14)29(24,25)23-15-4-2-3-13(21)11-15/h2-12,22-23H,1H3. The molecule has 0 saturated carbocycles. The van der Waals surface area contributed by atoms with Gasteiger partial charge in [-0.3, -0.25) is 9.44 Å². The van der Waals surface area contributed by atoms with Crippen molar-refractivity contribution in [2.75, 3.05) is 16.6 Å². The highest BCUT2D eigenvalue weighted by Crippen LogP contribution is 2.28. The van der Waals surface area contributed by atoms with Gasteiger partial charge in [-0.15, -0.1) is 0 Å². The molecule has 0 atom stereocenters. The minimum absolute atomic E-state index is 0.000330. The molecule has 3 rings (SSSR count). The van der Waals surface area contributed by atoms with E-state index in [4.69, 9.17) is 4.74 Å². The quantitative estimate of drug-likeness (QED) is 0.491. The summed E-state index contributed by atoms with van der Waals surface area (Å²) in [7, 11) is -6.41. The van der Waals surface area contributed by atoms with E-state index in [1.807, 2.05) is 0 Å². The normalized spacial score (nSPS) is 11.7. The first-order chi connectivity index (χ1) is 14.1. The van der Waals surface area contributed by atoms with Crippen LogP contribution in [0.3, 0.4) is 0 Å². The highest BCUT2D eigenvalue weighted by atomic mass is 79.9. The van der Waals surface area contributed by atoms with Crippen molar-refractivity contribution in [1.82, 2.24) is 0 Å². The van der Waals surface area contributed by atoms with Crippen molar-refractivity contribution in [3.8, 4) is 5.75 Å². The van der Waals surface area contributed by atoms with Crippen LogP contribution < -0.4 is 14.2 Å². The number of halogens is 2. The SMILES string of the molecule is COc1ccc(S(=O)(=O)Nc2ccc(S(=O)(=O)Nc3cccc(F)c3)cc2)cc1Br. The van der Waals surface area contributed by atoms with Crippen molar-refractivity contribution >= 4 is 47.4 Å². The zero-order valence-electron chi connectivity index (χ0n) is 15.5. The number of anilines is 2. The van der Waals surface area contributed by atoms with Crippen LogP contribution in [0.4, 0.5) is 15.8 Å². The third-order valence-electron chi connectivity index (χ3n) is 3.93. The lowest BCUT2D eigenvalue weighted by atomic mass is 10.3. The van der Waals surface area contributed by atoms with Crippen molar-refractivity contribution in [3.05, 3.63) is 77.0 Å². The van der Waals surface area contributed by atoms with Crippen LogP contribution in [-0.4, -0.2) is 23.9 Å². The van der Waals surface area contributed by atoms with E-state index in [9.17, 15) is 21.2 Å². The molecule has 0 aliphatic carbocycles. The molecule has 0 heterocycles. The largest absolute Gasteiger partial charge is 0.496 e. The first kappa shape index (κ1) is 22.1. The molecule has 3 aromatic carbocycles. The summed E-state index contributed by atoms with van der Waals surface area (Å²) >= 11 is 3.23. The van der Waals surface area contributed by atoms with E-state index in [2.05, 4.69) is 25.4 Å². The molecular formula is C19H16BrFN2O5S2. The van der Waals surface area contributed by atoms with E-state index in [-0.39, 0.29) is 21.2 Å². The zero-order chi connectivity index (χ0) is 21.9. The molecule has 0 unspecified atom stereocenters. The fourth-order valence-corrected chi connectivity index (χ4v) is 5.32. The van der Waals surface area contributed by atoms with Crippen LogP contribution in [0, 0.1) is 5.82 Å². The molecule has 0 bridgehead atoms. The Morgan fingerprint density at radius 3 is 2.00 bits per heavy atom. The lowest BCUT2D eigenvalue weighted by molar-refractivity contribution is 0.411. The highest BCUT2D eigenvalue weighted by molar-refractivity contribution is 9.10. The lowest BCUT2D eigenvalue weighted by Gasteiger charge is -2.11. The Balaban J connectivity index is 1.79. The Hall–Kier alpha value is -2.63. The number of hydrogen-bond acceptors (Lipinski definition) is 5. The van der Waals surface area contributed by atoms with Crippen LogP contribution in [0.25, 0.3) is 0 Å². The third kappa shape index (κ3) is 5.10. The van der Waals surface area contributed by atoms with Gasteiger partial charge < -0.3 is 4.74 Å². The van der Waals surface area contributed by atoms with Crippen molar-refractivity contribution in [1.29, 1.82) is 0 Å². The molecule has 11 heteroatoms. The molecule has 0 aromatic heterocycles. The van der Waals surface area contributed by atoms with Gasteiger partial charge >= 0.3 is 0 Å². The molecule has 30 heavy (non-hydrogen) atoms. The average Bonchev–Trinajstić information content (AvgIpc) is 2.67. The maximum absolute atomic E-state index is 13.3. The first-order valence-electron chi connectivity index (χ1n) is 8.35. The monoisotopic (exact) mass is 514 g/mol. The van der Waals surface area contributed by atoms with Gasteiger partial charge in [0.2, 0.25) is 0 Å². The summed E-state index contributed by atoms with van der Waals surface area (Å²) in [5, 5.41) is 0. The molecule has 2 N–H and O–H groups in total. The summed E-state index contributed by atoms with van der Waals surface area (Å²) in [5.41, 5.74) is 0.247. The van der Waals surface area contributed by atoms with Gasteiger partial charge in [0.15, 0.2) is 0 Å². The number of hydrogen-bond donors (Lipinski definition) is 2. The number of methoxy groups -OCH3 is 1. The van der Waals surface area contributed by atoms with Crippen molar-refractivity contribution < 1.29 is 26.0 Å². The van der Waals surface area contributed by atoms with E-state index in [1.165, 1.54) is 67.8 Å². The second-order valence-corrected chi connectivity index (χ2v) is 10.3. The van der Waals surface area contributed by atoms with Crippen LogP contribution in [0.1, 0.15) is 0 Å². The number of rotatable bonds is 7. The zero-order valence-corrected chi connectivity index (χ0v) is 18.7. The maximum atomic E-state index is 13.3. The van der Waals surface area contributed by atoms with E-state index in [0.29, 0.717) is 10.2 Å². The Morgan fingerprint density at radius 1 is 0.800 bits per heavy atom. The molecule has 0 fully saturated rings. The molecule has 3 aromatic rings. The Kier molecular flexibility index (Phi) is 6.34. The van der Waals surface area contributed by atoms with Crippen LogP contribution in [0.2, 0.25) is 0 Å². The van der Waals surface area contributed by atoms with Crippen molar-refractivity contribution in [3.63, 3.8) is 0 Å². The van der Waals surface area contributed by atoms with Gasteiger partial charge in [-0.05, 0) is 76.6 Å². The molecule has 0 aliphatic heterocycles. The van der Waals surface area contributed by atoms with E-state index < -0.39 is 25.9 Å².